The van der Waals surface area contributed by atoms with Crippen LogP contribution in [0, 0.1) is 11.7 Å². The zero-order valence-corrected chi connectivity index (χ0v) is 20.6. The maximum absolute atomic E-state index is 14.3. The van der Waals surface area contributed by atoms with Gasteiger partial charge >= 0.3 is 5.97 Å². The zero-order valence-electron chi connectivity index (χ0n) is 18.3. The number of nitrogens with zero attached hydrogens (tertiary/aromatic N) is 1. The SMILES string of the molecule is CCOC(=O)C(=CN[C@H](CO)C(C)C)C(=O)c1cc(Cc2cccc(Cl)c2F)nc(Cl)c1Cl. The third-order valence-electron chi connectivity index (χ3n) is 4.80. The third-order valence-corrected chi connectivity index (χ3v) is 5.85. The quantitative estimate of drug-likeness (QED) is 0.115. The first-order valence-corrected chi connectivity index (χ1v) is 11.3. The van der Waals surface area contributed by atoms with Crippen LogP contribution in [0.3, 0.4) is 0 Å². The molecule has 1 aromatic carbocycles. The van der Waals surface area contributed by atoms with Gasteiger partial charge in [-0.2, -0.15) is 0 Å². The van der Waals surface area contributed by atoms with E-state index in [1.807, 2.05) is 13.8 Å². The zero-order chi connectivity index (χ0) is 24.7. The van der Waals surface area contributed by atoms with Gasteiger partial charge in [-0.25, -0.2) is 14.2 Å². The molecule has 0 aliphatic rings. The molecule has 1 heterocycles. The lowest BCUT2D eigenvalue weighted by Gasteiger charge is -2.19. The minimum Gasteiger partial charge on any atom is -0.462 e. The van der Waals surface area contributed by atoms with Crippen molar-refractivity contribution in [2.24, 2.45) is 5.92 Å². The van der Waals surface area contributed by atoms with Crippen LogP contribution in [0.15, 0.2) is 36.0 Å². The lowest BCUT2D eigenvalue weighted by molar-refractivity contribution is -0.138. The molecule has 0 saturated heterocycles. The van der Waals surface area contributed by atoms with E-state index in [9.17, 15) is 19.1 Å². The standard InChI is InChI=1S/C23H24Cl3FN2O4/c1-4-33-23(32)16(10-28-18(11-30)12(2)3)21(31)15-9-14(29-22(26)19(15)25)8-13-6-5-7-17(24)20(13)27/h5-7,9-10,12,18,28,30H,4,8,11H2,1-3H3/t18-/m1/s1. The molecule has 2 aromatic rings. The normalized spacial score (nSPS) is 12.6. The number of rotatable bonds is 10. The van der Waals surface area contributed by atoms with Crippen molar-refractivity contribution in [1.82, 2.24) is 10.3 Å². The van der Waals surface area contributed by atoms with Crippen LogP contribution >= 0.6 is 34.8 Å². The van der Waals surface area contributed by atoms with E-state index in [-0.39, 0.29) is 63.1 Å². The van der Waals surface area contributed by atoms with Gasteiger partial charge in [0.2, 0.25) is 5.78 Å². The molecule has 2 rings (SSSR count). The van der Waals surface area contributed by atoms with Crippen LogP contribution in [0.25, 0.3) is 0 Å². The first-order valence-electron chi connectivity index (χ1n) is 10.2. The molecule has 1 atom stereocenters. The molecule has 6 nitrogen and oxygen atoms in total. The number of aliphatic hydroxyl groups excluding tert-OH is 1. The van der Waals surface area contributed by atoms with E-state index in [0.717, 1.165) is 0 Å². The van der Waals surface area contributed by atoms with E-state index < -0.39 is 23.6 Å². The van der Waals surface area contributed by atoms with Gasteiger partial charge in [-0.3, -0.25) is 4.79 Å². The Hall–Kier alpha value is -2.19. The highest BCUT2D eigenvalue weighted by Gasteiger charge is 2.26. The molecule has 1 aromatic heterocycles. The van der Waals surface area contributed by atoms with Crippen LogP contribution < -0.4 is 5.32 Å². The fourth-order valence-electron chi connectivity index (χ4n) is 2.90. The van der Waals surface area contributed by atoms with E-state index in [1.54, 1.807) is 13.0 Å². The molecule has 0 saturated carbocycles. The van der Waals surface area contributed by atoms with Gasteiger partial charge in [-0.15, -0.1) is 0 Å². The number of aromatic nitrogens is 1. The molecule has 33 heavy (non-hydrogen) atoms. The predicted molar refractivity (Wildman–Crippen MR) is 126 cm³/mol. The molecule has 2 N–H and O–H groups in total. The summed E-state index contributed by atoms with van der Waals surface area (Å²) < 4.78 is 19.3. The fourth-order valence-corrected chi connectivity index (χ4v) is 3.49. The van der Waals surface area contributed by atoms with Crippen molar-refractivity contribution in [3.05, 3.63) is 73.9 Å². The number of ether oxygens (including phenoxy) is 1. The molecule has 0 spiro atoms. The average molecular weight is 518 g/mol. The predicted octanol–water partition coefficient (Wildman–Crippen LogP) is 5.01. The number of pyridine rings is 1. The highest BCUT2D eigenvalue weighted by molar-refractivity contribution is 6.44. The second kappa shape index (κ2) is 12.3. The van der Waals surface area contributed by atoms with Crippen LogP contribution in [-0.2, 0) is 16.0 Å². The van der Waals surface area contributed by atoms with Crippen molar-refractivity contribution in [2.45, 2.75) is 33.2 Å². The van der Waals surface area contributed by atoms with Crippen molar-refractivity contribution >= 4 is 46.6 Å². The number of Topliss-reactive ketones (excluding diaryl/α,β-unsaturated/α-hetero) is 1. The van der Waals surface area contributed by atoms with E-state index in [2.05, 4.69) is 10.3 Å². The molecule has 10 heteroatoms. The Kier molecular flexibility index (Phi) is 10.1. The number of benzene rings is 1. The van der Waals surface area contributed by atoms with Crippen molar-refractivity contribution in [1.29, 1.82) is 0 Å². The number of esters is 1. The van der Waals surface area contributed by atoms with Crippen molar-refractivity contribution in [3.63, 3.8) is 0 Å². The van der Waals surface area contributed by atoms with Gasteiger partial charge in [0.05, 0.1) is 29.3 Å². The molecular weight excluding hydrogens is 494 g/mol. The number of aliphatic hydroxyl groups is 1. The Morgan fingerprint density at radius 3 is 2.58 bits per heavy atom. The lowest BCUT2D eigenvalue weighted by Crippen LogP contribution is -2.34. The monoisotopic (exact) mass is 516 g/mol. The van der Waals surface area contributed by atoms with Crippen LogP contribution in [0.1, 0.15) is 42.4 Å². The van der Waals surface area contributed by atoms with Crippen molar-refractivity contribution < 1.29 is 23.8 Å². The van der Waals surface area contributed by atoms with E-state index in [0.29, 0.717) is 0 Å². The molecular formula is C23H24Cl3FN2O4. The summed E-state index contributed by atoms with van der Waals surface area (Å²) in [5.41, 5.74) is 0.0677. The van der Waals surface area contributed by atoms with Gasteiger partial charge in [0.15, 0.2) is 0 Å². The van der Waals surface area contributed by atoms with E-state index in [4.69, 9.17) is 39.5 Å². The van der Waals surface area contributed by atoms with Crippen molar-refractivity contribution in [2.75, 3.05) is 13.2 Å². The summed E-state index contributed by atoms with van der Waals surface area (Å²) in [6, 6.07) is 5.47. The van der Waals surface area contributed by atoms with E-state index >= 15 is 0 Å². The summed E-state index contributed by atoms with van der Waals surface area (Å²) in [5, 5.41) is 12.0. The third kappa shape index (κ3) is 6.90. The number of carbonyl (C=O) groups is 2. The molecule has 0 fully saturated rings. The Morgan fingerprint density at radius 2 is 1.97 bits per heavy atom. The largest absolute Gasteiger partial charge is 0.462 e. The Labute approximate surface area is 206 Å². The molecule has 178 valence electrons. The summed E-state index contributed by atoms with van der Waals surface area (Å²) in [4.78, 5) is 29.9. The molecule has 0 amide bonds. The van der Waals surface area contributed by atoms with Gasteiger partial charge in [0.1, 0.15) is 16.5 Å². The number of halogens is 4. The fraction of sp³-hybridized carbons (Fsp3) is 0.348. The molecule has 0 aliphatic carbocycles. The van der Waals surface area contributed by atoms with Gasteiger partial charge in [-0.05, 0) is 30.5 Å². The van der Waals surface area contributed by atoms with Crippen LogP contribution in [0.5, 0.6) is 0 Å². The minimum atomic E-state index is -0.873. The van der Waals surface area contributed by atoms with Crippen LogP contribution in [-0.4, -0.2) is 41.1 Å². The number of carbonyl (C=O) groups excluding carboxylic acids is 2. The lowest BCUT2D eigenvalue weighted by atomic mass is 10.0. The van der Waals surface area contributed by atoms with Gasteiger partial charge < -0.3 is 15.2 Å². The van der Waals surface area contributed by atoms with Crippen LogP contribution in [0.2, 0.25) is 15.2 Å². The number of hydrogen-bond acceptors (Lipinski definition) is 6. The van der Waals surface area contributed by atoms with Gasteiger partial charge in [0.25, 0.3) is 0 Å². The second-order valence-electron chi connectivity index (χ2n) is 7.46. The highest BCUT2D eigenvalue weighted by atomic mass is 35.5. The van der Waals surface area contributed by atoms with E-state index in [1.165, 1.54) is 24.4 Å². The summed E-state index contributed by atoms with van der Waals surface area (Å²) in [6.45, 7) is 5.17. The minimum absolute atomic E-state index is 0.0137. The first-order chi connectivity index (χ1) is 15.6. The topological polar surface area (TPSA) is 88.5 Å². The number of nitrogens with one attached hydrogen (secondary N) is 1. The first kappa shape index (κ1) is 27.1. The average Bonchev–Trinajstić information content (AvgIpc) is 2.76. The van der Waals surface area contributed by atoms with Gasteiger partial charge in [-0.1, -0.05) is 60.8 Å². The number of ketones is 1. The molecule has 0 aliphatic heterocycles. The molecule has 0 bridgehead atoms. The molecule has 0 radical (unpaired) electrons. The van der Waals surface area contributed by atoms with Gasteiger partial charge in [0, 0.05) is 23.9 Å². The summed E-state index contributed by atoms with van der Waals surface area (Å²) in [7, 11) is 0. The summed E-state index contributed by atoms with van der Waals surface area (Å²) in [5.74, 6) is -2.23. The second-order valence-corrected chi connectivity index (χ2v) is 8.61. The Morgan fingerprint density at radius 1 is 1.27 bits per heavy atom. The van der Waals surface area contributed by atoms with Crippen LogP contribution in [0.4, 0.5) is 4.39 Å². The summed E-state index contributed by atoms with van der Waals surface area (Å²) >= 11 is 18.2. The Bertz CT molecular complexity index is 1060. The highest BCUT2D eigenvalue weighted by Crippen LogP contribution is 2.29. The van der Waals surface area contributed by atoms with Crippen molar-refractivity contribution in [3.8, 4) is 0 Å². The summed E-state index contributed by atoms with van der Waals surface area (Å²) in [6.07, 6.45) is 1.18. The molecule has 0 unspecified atom stereocenters. The Balaban J connectivity index is 2.48. The maximum Gasteiger partial charge on any atom is 0.343 e. The maximum atomic E-state index is 14.3. The number of hydrogen-bond donors (Lipinski definition) is 2. The smallest absolute Gasteiger partial charge is 0.343 e.